The maximum absolute atomic E-state index is 12.1. The molecule has 0 aliphatic rings. The molecule has 0 saturated heterocycles. The molecule has 92 valence electrons. The molecule has 1 aromatic carbocycles. The van der Waals surface area contributed by atoms with E-state index in [-0.39, 0.29) is 17.6 Å². The average Bonchev–Trinajstić information content (AvgIpc) is 2.40. The van der Waals surface area contributed by atoms with Crippen LogP contribution in [0, 0.1) is 0 Å². The van der Waals surface area contributed by atoms with Crippen LogP contribution in [0.25, 0.3) is 11.1 Å². The van der Waals surface area contributed by atoms with Crippen molar-refractivity contribution in [1.82, 2.24) is 0 Å². The van der Waals surface area contributed by atoms with E-state index in [1.165, 1.54) is 6.26 Å². The fraction of sp³-hybridized carbons (Fsp3) is 0.143. The summed E-state index contributed by atoms with van der Waals surface area (Å²) in [6.07, 6.45) is 2.45. The number of esters is 1. The lowest BCUT2D eigenvalue weighted by molar-refractivity contribution is 0.0522. The van der Waals surface area contributed by atoms with Gasteiger partial charge in [0.1, 0.15) is 18.1 Å². The van der Waals surface area contributed by atoms with Crippen LogP contribution >= 0.6 is 0 Å². The molecule has 0 fully saturated rings. The van der Waals surface area contributed by atoms with Gasteiger partial charge in [0, 0.05) is 0 Å². The third kappa shape index (κ3) is 2.32. The van der Waals surface area contributed by atoms with E-state index in [0.29, 0.717) is 11.1 Å². The number of carbonyl (C=O) groups excluding carboxylic acids is 1. The standard InChI is InChI=1S/C14H12O4/c1-2-18-14(16)12-9-17-8-11(13(12)15)10-6-4-3-5-7-10/h3-9H,2H2,1H3. The Morgan fingerprint density at radius 2 is 1.94 bits per heavy atom. The fourth-order valence-electron chi connectivity index (χ4n) is 1.59. The summed E-state index contributed by atoms with van der Waals surface area (Å²) in [6.45, 7) is 1.90. The molecule has 0 amide bonds. The van der Waals surface area contributed by atoms with Gasteiger partial charge in [0.2, 0.25) is 5.43 Å². The van der Waals surface area contributed by atoms with Gasteiger partial charge in [-0.25, -0.2) is 4.79 Å². The molecule has 18 heavy (non-hydrogen) atoms. The van der Waals surface area contributed by atoms with Gasteiger partial charge in [-0.1, -0.05) is 30.3 Å². The molecule has 4 nitrogen and oxygen atoms in total. The lowest BCUT2D eigenvalue weighted by Gasteiger charge is -2.03. The second-order valence-corrected chi connectivity index (χ2v) is 3.61. The first kappa shape index (κ1) is 12.1. The van der Waals surface area contributed by atoms with E-state index in [0.717, 1.165) is 6.26 Å². The molecule has 2 aromatic rings. The Morgan fingerprint density at radius 3 is 2.61 bits per heavy atom. The van der Waals surface area contributed by atoms with Gasteiger partial charge in [-0.2, -0.15) is 0 Å². The molecule has 0 aliphatic heterocycles. The van der Waals surface area contributed by atoms with Gasteiger partial charge in [0.05, 0.1) is 12.2 Å². The molecule has 0 spiro atoms. The van der Waals surface area contributed by atoms with Crippen molar-refractivity contribution in [2.45, 2.75) is 6.92 Å². The molecule has 1 heterocycles. The van der Waals surface area contributed by atoms with Crippen molar-refractivity contribution in [3.63, 3.8) is 0 Å². The monoisotopic (exact) mass is 244 g/mol. The number of rotatable bonds is 3. The van der Waals surface area contributed by atoms with Crippen molar-refractivity contribution in [3.8, 4) is 11.1 Å². The normalized spacial score (nSPS) is 10.1. The minimum Gasteiger partial charge on any atom is -0.471 e. The van der Waals surface area contributed by atoms with Crippen LogP contribution < -0.4 is 5.43 Å². The van der Waals surface area contributed by atoms with Crippen LogP contribution in [0.15, 0.2) is 52.1 Å². The minimum absolute atomic E-state index is 0.0850. The quantitative estimate of drug-likeness (QED) is 0.778. The summed E-state index contributed by atoms with van der Waals surface area (Å²) in [5.41, 5.74) is 0.586. The summed E-state index contributed by atoms with van der Waals surface area (Å²) in [7, 11) is 0. The topological polar surface area (TPSA) is 56.5 Å². The highest BCUT2D eigenvalue weighted by atomic mass is 16.5. The van der Waals surface area contributed by atoms with Gasteiger partial charge in [-0.3, -0.25) is 4.79 Å². The van der Waals surface area contributed by atoms with E-state index < -0.39 is 5.97 Å². The molecule has 2 rings (SSSR count). The Kier molecular flexibility index (Phi) is 3.57. The van der Waals surface area contributed by atoms with Crippen LogP contribution in [0.2, 0.25) is 0 Å². The zero-order valence-corrected chi connectivity index (χ0v) is 9.88. The lowest BCUT2D eigenvalue weighted by atomic mass is 10.1. The van der Waals surface area contributed by atoms with Crippen molar-refractivity contribution >= 4 is 5.97 Å². The van der Waals surface area contributed by atoms with Gasteiger partial charge < -0.3 is 9.15 Å². The zero-order chi connectivity index (χ0) is 13.0. The first-order valence-electron chi connectivity index (χ1n) is 5.57. The molecule has 0 atom stereocenters. The predicted molar refractivity (Wildman–Crippen MR) is 66.4 cm³/mol. The second-order valence-electron chi connectivity index (χ2n) is 3.61. The molecule has 0 saturated carbocycles. The van der Waals surface area contributed by atoms with E-state index in [1.807, 2.05) is 18.2 Å². The molecule has 0 N–H and O–H groups in total. The highest BCUT2D eigenvalue weighted by Gasteiger charge is 2.16. The summed E-state index contributed by atoms with van der Waals surface area (Å²) >= 11 is 0. The fourth-order valence-corrected chi connectivity index (χ4v) is 1.59. The largest absolute Gasteiger partial charge is 0.471 e. The molecule has 0 unspecified atom stereocenters. The lowest BCUT2D eigenvalue weighted by Crippen LogP contribution is -2.18. The summed E-state index contributed by atoms with van der Waals surface area (Å²) in [4.78, 5) is 23.7. The molecular formula is C14H12O4. The third-order valence-corrected chi connectivity index (χ3v) is 2.44. The maximum atomic E-state index is 12.1. The molecule has 0 bridgehead atoms. The van der Waals surface area contributed by atoms with Crippen LogP contribution in [0.5, 0.6) is 0 Å². The van der Waals surface area contributed by atoms with Crippen molar-refractivity contribution in [2.24, 2.45) is 0 Å². The molecule has 0 aliphatic carbocycles. The Hall–Kier alpha value is -2.36. The minimum atomic E-state index is -0.663. The van der Waals surface area contributed by atoms with Gasteiger partial charge in [0.15, 0.2) is 0 Å². The third-order valence-electron chi connectivity index (χ3n) is 2.44. The Morgan fingerprint density at radius 1 is 1.22 bits per heavy atom. The van der Waals surface area contributed by atoms with Crippen molar-refractivity contribution in [1.29, 1.82) is 0 Å². The molecule has 4 heteroatoms. The number of hydrogen-bond acceptors (Lipinski definition) is 4. The SMILES string of the molecule is CCOC(=O)c1cocc(-c2ccccc2)c1=O. The van der Waals surface area contributed by atoms with E-state index >= 15 is 0 Å². The van der Waals surface area contributed by atoms with Gasteiger partial charge >= 0.3 is 5.97 Å². The number of carbonyl (C=O) groups is 1. The molecule has 0 radical (unpaired) electrons. The number of ether oxygens (including phenoxy) is 1. The second kappa shape index (κ2) is 5.31. The van der Waals surface area contributed by atoms with Gasteiger partial charge in [0.25, 0.3) is 0 Å². The zero-order valence-electron chi connectivity index (χ0n) is 9.88. The van der Waals surface area contributed by atoms with E-state index in [4.69, 9.17) is 9.15 Å². The Balaban J connectivity index is 2.49. The van der Waals surface area contributed by atoms with Crippen LogP contribution in [0.4, 0.5) is 0 Å². The highest BCUT2D eigenvalue weighted by molar-refractivity contribution is 5.90. The van der Waals surface area contributed by atoms with E-state index in [9.17, 15) is 9.59 Å². The summed E-state index contributed by atoms with van der Waals surface area (Å²) in [5.74, 6) is -0.663. The summed E-state index contributed by atoms with van der Waals surface area (Å²) in [5, 5.41) is 0. The van der Waals surface area contributed by atoms with Gasteiger partial charge in [-0.05, 0) is 12.5 Å². The van der Waals surface area contributed by atoms with Gasteiger partial charge in [-0.15, -0.1) is 0 Å². The highest BCUT2D eigenvalue weighted by Crippen LogP contribution is 2.15. The Labute approximate surface area is 104 Å². The average molecular weight is 244 g/mol. The van der Waals surface area contributed by atoms with Crippen LogP contribution in [0.3, 0.4) is 0 Å². The first-order chi connectivity index (χ1) is 8.74. The van der Waals surface area contributed by atoms with E-state index in [2.05, 4.69) is 0 Å². The first-order valence-corrected chi connectivity index (χ1v) is 5.57. The van der Waals surface area contributed by atoms with Crippen LogP contribution in [-0.2, 0) is 4.74 Å². The van der Waals surface area contributed by atoms with Crippen molar-refractivity contribution in [3.05, 3.63) is 58.6 Å². The smallest absolute Gasteiger partial charge is 0.345 e. The van der Waals surface area contributed by atoms with Crippen LogP contribution in [0.1, 0.15) is 17.3 Å². The van der Waals surface area contributed by atoms with Crippen molar-refractivity contribution < 1.29 is 13.9 Å². The maximum Gasteiger partial charge on any atom is 0.345 e. The number of benzene rings is 1. The summed E-state index contributed by atoms with van der Waals surface area (Å²) < 4.78 is 9.84. The molecular weight excluding hydrogens is 232 g/mol. The molecule has 1 aromatic heterocycles. The van der Waals surface area contributed by atoms with Crippen molar-refractivity contribution in [2.75, 3.05) is 6.61 Å². The van der Waals surface area contributed by atoms with E-state index in [1.54, 1.807) is 19.1 Å². The summed E-state index contributed by atoms with van der Waals surface area (Å²) in [6, 6.07) is 9.03. The predicted octanol–water partition coefficient (Wildman–Crippen LogP) is 2.48. The van der Waals surface area contributed by atoms with Crippen LogP contribution in [-0.4, -0.2) is 12.6 Å². The number of hydrogen-bond donors (Lipinski definition) is 0. The Bertz CT molecular complexity index is 599.